The molecule has 0 amide bonds. The second-order valence-electron chi connectivity index (χ2n) is 5.59. The first-order chi connectivity index (χ1) is 8.72. The van der Waals surface area contributed by atoms with Gasteiger partial charge in [0.05, 0.1) is 0 Å². The van der Waals surface area contributed by atoms with Gasteiger partial charge in [0.1, 0.15) is 0 Å². The van der Waals surface area contributed by atoms with E-state index < -0.39 is 0 Å². The molecule has 4 heteroatoms. The maximum atomic E-state index is 3.54. The molecule has 108 valence electrons. The molecule has 0 aromatic carbocycles. The van der Waals surface area contributed by atoms with Crippen molar-refractivity contribution >= 4 is 0 Å². The molecule has 0 aromatic rings. The van der Waals surface area contributed by atoms with Crippen molar-refractivity contribution in [3.05, 3.63) is 0 Å². The molecule has 1 aliphatic heterocycles. The van der Waals surface area contributed by atoms with Crippen molar-refractivity contribution in [2.75, 3.05) is 73.0 Å². The fourth-order valence-corrected chi connectivity index (χ4v) is 2.44. The molecule has 0 saturated carbocycles. The van der Waals surface area contributed by atoms with Crippen LogP contribution < -0.4 is 5.32 Å². The number of hydrogen-bond acceptors (Lipinski definition) is 4. The summed E-state index contributed by atoms with van der Waals surface area (Å²) in [4.78, 5) is 7.42. The van der Waals surface area contributed by atoms with Gasteiger partial charge in [-0.25, -0.2) is 0 Å². The third-order valence-corrected chi connectivity index (χ3v) is 3.57. The summed E-state index contributed by atoms with van der Waals surface area (Å²) in [5, 5.41) is 3.54. The summed E-state index contributed by atoms with van der Waals surface area (Å²) < 4.78 is 0. The minimum Gasteiger partial charge on any atom is -0.315 e. The molecule has 0 spiro atoms. The molecule has 0 unspecified atom stereocenters. The Morgan fingerprint density at radius 2 is 1.56 bits per heavy atom. The molecule has 1 N–H and O–H groups in total. The second-order valence-corrected chi connectivity index (χ2v) is 5.59. The molecule has 18 heavy (non-hydrogen) atoms. The molecule has 4 nitrogen and oxygen atoms in total. The zero-order chi connectivity index (χ0) is 13.2. The van der Waals surface area contributed by atoms with E-state index in [0.29, 0.717) is 0 Å². The smallest absolute Gasteiger partial charge is 0.0110 e. The molecule has 0 aliphatic carbocycles. The van der Waals surface area contributed by atoms with Gasteiger partial charge in [0, 0.05) is 39.3 Å². The Labute approximate surface area is 113 Å². The minimum atomic E-state index is 1.14. The van der Waals surface area contributed by atoms with Crippen molar-refractivity contribution in [3.8, 4) is 0 Å². The average molecular weight is 256 g/mol. The van der Waals surface area contributed by atoms with Crippen LogP contribution in [0.25, 0.3) is 0 Å². The van der Waals surface area contributed by atoms with E-state index in [0.717, 1.165) is 13.1 Å². The quantitative estimate of drug-likeness (QED) is 0.608. The highest BCUT2D eigenvalue weighted by atomic mass is 15.3. The fraction of sp³-hybridized carbons (Fsp3) is 1.00. The fourth-order valence-electron chi connectivity index (χ4n) is 2.44. The van der Waals surface area contributed by atoms with Gasteiger partial charge in [-0.15, -0.1) is 0 Å². The Balaban J connectivity index is 1.91. The SMILES string of the molecule is CCCN1CCN(CCNCCCN(C)C)CC1. The van der Waals surface area contributed by atoms with E-state index in [2.05, 4.69) is 41.0 Å². The lowest BCUT2D eigenvalue weighted by Crippen LogP contribution is -2.48. The lowest BCUT2D eigenvalue weighted by molar-refractivity contribution is 0.133. The first-order valence-electron chi connectivity index (χ1n) is 7.52. The average Bonchev–Trinajstić information content (AvgIpc) is 2.35. The Bertz CT molecular complexity index is 188. The van der Waals surface area contributed by atoms with Gasteiger partial charge in [-0.05, 0) is 46.6 Å². The molecule has 1 fully saturated rings. The highest BCUT2D eigenvalue weighted by molar-refractivity contribution is 4.72. The molecule has 0 aromatic heterocycles. The van der Waals surface area contributed by atoms with Crippen LogP contribution in [0.15, 0.2) is 0 Å². The number of nitrogens with zero attached hydrogens (tertiary/aromatic N) is 3. The molecule has 1 rings (SSSR count). The third-order valence-electron chi connectivity index (χ3n) is 3.57. The maximum absolute atomic E-state index is 3.54. The zero-order valence-electron chi connectivity index (χ0n) is 12.6. The number of rotatable bonds is 9. The normalized spacial score (nSPS) is 18.7. The van der Waals surface area contributed by atoms with Gasteiger partial charge < -0.3 is 15.1 Å². The van der Waals surface area contributed by atoms with E-state index in [-0.39, 0.29) is 0 Å². The van der Waals surface area contributed by atoms with Crippen LogP contribution in [-0.4, -0.2) is 87.7 Å². The van der Waals surface area contributed by atoms with E-state index in [9.17, 15) is 0 Å². The summed E-state index contributed by atoms with van der Waals surface area (Å²) in [5.74, 6) is 0. The van der Waals surface area contributed by atoms with Gasteiger partial charge in [0.25, 0.3) is 0 Å². The van der Waals surface area contributed by atoms with E-state index in [4.69, 9.17) is 0 Å². The van der Waals surface area contributed by atoms with Crippen molar-refractivity contribution in [1.82, 2.24) is 20.0 Å². The van der Waals surface area contributed by atoms with Gasteiger partial charge in [0.2, 0.25) is 0 Å². The summed E-state index contributed by atoms with van der Waals surface area (Å²) in [6, 6.07) is 0. The molecule has 0 atom stereocenters. The molecular formula is C14H32N4. The van der Waals surface area contributed by atoms with Crippen molar-refractivity contribution in [1.29, 1.82) is 0 Å². The largest absolute Gasteiger partial charge is 0.315 e. The van der Waals surface area contributed by atoms with Gasteiger partial charge >= 0.3 is 0 Å². The second kappa shape index (κ2) is 9.73. The topological polar surface area (TPSA) is 21.8 Å². The Hall–Kier alpha value is -0.160. The van der Waals surface area contributed by atoms with Crippen LogP contribution in [-0.2, 0) is 0 Å². The first kappa shape index (κ1) is 15.9. The Kier molecular flexibility index (Phi) is 8.59. The Morgan fingerprint density at radius 1 is 0.944 bits per heavy atom. The highest BCUT2D eigenvalue weighted by Gasteiger charge is 2.14. The minimum absolute atomic E-state index is 1.14. The third kappa shape index (κ3) is 7.31. The van der Waals surface area contributed by atoms with Gasteiger partial charge in [-0.2, -0.15) is 0 Å². The molecule has 1 aliphatic rings. The zero-order valence-corrected chi connectivity index (χ0v) is 12.6. The summed E-state index contributed by atoms with van der Waals surface area (Å²) in [6.45, 7) is 13.2. The van der Waals surface area contributed by atoms with Crippen molar-refractivity contribution in [2.24, 2.45) is 0 Å². The Morgan fingerprint density at radius 3 is 2.11 bits per heavy atom. The van der Waals surface area contributed by atoms with Crippen molar-refractivity contribution < 1.29 is 0 Å². The molecule has 0 radical (unpaired) electrons. The first-order valence-corrected chi connectivity index (χ1v) is 7.52. The summed E-state index contributed by atoms with van der Waals surface area (Å²) in [5.41, 5.74) is 0. The number of piperazine rings is 1. The monoisotopic (exact) mass is 256 g/mol. The predicted octanol–water partition coefficient (Wildman–Crippen LogP) is 0.555. The summed E-state index contributed by atoms with van der Waals surface area (Å²) in [7, 11) is 4.27. The van der Waals surface area contributed by atoms with Crippen LogP contribution in [0.2, 0.25) is 0 Å². The van der Waals surface area contributed by atoms with Crippen LogP contribution in [0.5, 0.6) is 0 Å². The highest BCUT2D eigenvalue weighted by Crippen LogP contribution is 2.01. The summed E-state index contributed by atoms with van der Waals surface area (Å²) in [6.07, 6.45) is 2.53. The molecule has 0 bridgehead atoms. The number of hydrogen-bond donors (Lipinski definition) is 1. The van der Waals surface area contributed by atoms with Crippen LogP contribution in [0.4, 0.5) is 0 Å². The lowest BCUT2D eigenvalue weighted by Gasteiger charge is -2.34. The molecule has 1 heterocycles. The van der Waals surface area contributed by atoms with Crippen LogP contribution >= 0.6 is 0 Å². The van der Waals surface area contributed by atoms with E-state index in [1.54, 1.807) is 0 Å². The van der Waals surface area contributed by atoms with E-state index in [1.165, 1.54) is 58.7 Å². The summed E-state index contributed by atoms with van der Waals surface area (Å²) >= 11 is 0. The van der Waals surface area contributed by atoms with Gasteiger partial charge in [-0.1, -0.05) is 6.92 Å². The van der Waals surface area contributed by atoms with Gasteiger partial charge in [-0.3, -0.25) is 4.90 Å². The molecular weight excluding hydrogens is 224 g/mol. The van der Waals surface area contributed by atoms with Crippen molar-refractivity contribution in [2.45, 2.75) is 19.8 Å². The van der Waals surface area contributed by atoms with Gasteiger partial charge in [0.15, 0.2) is 0 Å². The lowest BCUT2D eigenvalue weighted by atomic mass is 10.3. The molecule has 1 saturated heterocycles. The maximum Gasteiger partial charge on any atom is 0.0110 e. The predicted molar refractivity (Wildman–Crippen MR) is 79.2 cm³/mol. The van der Waals surface area contributed by atoms with Crippen LogP contribution in [0, 0.1) is 0 Å². The van der Waals surface area contributed by atoms with Crippen LogP contribution in [0.3, 0.4) is 0 Å². The standard InChI is InChI=1S/C14H32N4/c1-4-8-17-11-13-18(14-12-17)10-7-15-6-5-9-16(2)3/h15H,4-14H2,1-3H3. The van der Waals surface area contributed by atoms with Crippen LogP contribution in [0.1, 0.15) is 19.8 Å². The van der Waals surface area contributed by atoms with E-state index >= 15 is 0 Å². The number of nitrogens with one attached hydrogen (secondary N) is 1. The van der Waals surface area contributed by atoms with E-state index in [1.807, 2.05) is 0 Å². The van der Waals surface area contributed by atoms with Crippen molar-refractivity contribution in [3.63, 3.8) is 0 Å².